The second kappa shape index (κ2) is 11.3. The molecular formula is C33H29F2N7O2S. The molecule has 0 bridgehead atoms. The Labute approximate surface area is 261 Å². The van der Waals surface area contributed by atoms with Gasteiger partial charge in [0.2, 0.25) is 0 Å². The van der Waals surface area contributed by atoms with Gasteiger partial charge in [-0.2, -0.15) is 10.4 Å². The fourth-order valence-corrected chi connectivity index (χ4v) is 6.96. The molecule has 0 saturated heterocycles. The zero-order valence-corrected chi connectivity index (χ0v) is 25.9. The summed E-state index contributed by atoms with van der Waals surface area (Å²) in [5, 5.41) is 20.8. The third kappa shape index (κ3) is 4.84. The Morgan fingerprint density at radius 3 is 2.76 bits per heavy atom. The van der Waals surface area contributed by atoms with Gasteiger partial charge in [0, 0.05) is 72.5 Å². The molecule has 45 heavy (non-hydrogen) atoms. The molecule has 1 aromatic carbocycles. The van der Waals surface area contributed by atoms with E-state index in [1.165, 1.54) is 24.5 Å². The molecule has 0 saturated carbocycles. The molecule has 2 unspecified atom stereocenters. The highest BCUT2D eigenvalue weighted by Gasteiger charge is 2.29. The lowest BCUT2D eigenvalue weighted by Gasteiger charge is -2.27. The smallest absolute Gasteiger partial charge is 0.137 e. The molecular weight excluding hydrogens is 596 g/mol. The van der Waals surface area contributed by atoms with Crippen LogP contribution in [0.3, 0.4) is 0 Å². The average molecular weight is 626 g/mol. The number of hydrogen-bond acceptors (Lipinski definition) is 8. The van der Waals surface area contributed by atoms with E-state index in [1.54, 1.807) is 12.4 Å². The molecule has 0 fully saturated rings. The van der Waals surface area contributed by atoms with Crippen LogP contribution >= 0.6 is 11.3 Å². The van der Waals surface area contributed by atoms with Crippen molar-refractivity contribution in [3.8, 4) is 45.6 Å². The summed E-state index contributed by atoms with van der Waals surface area (Å²) in [7, 11) is 3.40. The third-order valence-corrected chi connectivity index (χ3v) is 9.16. The Balaban J connectivity index is 1.54. The zero-order valence-electron chi connectivity index (χ0n) is 25.1. The quantitative estimate of drug-likeness (QED) is 0.195. The van der Waals surface area contributed by atoms with Gasteiger partial charge in [0.15, 0.2) is 0 Å². The lowest BCUT2D eigenvalue weighted by Crippen LogP contribution is -2.34. The van der Waals surface area contributed by atoms with E-state index in [2.05, 4.69) is 30.2 Å². The van der Waals surface area contributed by atoms with Crippen molar-refractivity contribution in [2.45, 2.75) is 25.9 Å². The van der Waals surface area contributed by atoms with Crippen LogP contribution in [0.1, 0.15) is 37.2 Å². The molecule has 6 aromatic rings. The average Bonchev–Trinajstić information content (AvgIpc) is 3.77. The first kappa shape index (κ1) is 29.0. The first-order valence-electron chi connectivity index (χ1n) is 14.5. The number of fused-ring (bicyclic) bond motifs is 3. The number of rotatable bonds is 7. The Kier molecular flexibility index (Phi) is 7.32. The highest BCUT2D eigenvalue weighted by molar-refractivity contribution is 7.18. The largest absolute Gasteiger partial charge is 0.490 e. The van der Waals surface area contributed by atoms with E-state index in [4.69, 9.17) is 19.6 Å². The molecule has 5 aromatic heterocycles. The molecule has 1 aliphatic heterocycles. The van der Waals surface area contributed by atoms with Crippen LogP contribution in [0.25, 0.3) is 54.9 Å². The first-order chi connectivity index (χ1) is 21.8. The number of nitriles is 1. The number of ether oxygens (including phenoxy) is 2. The summed E-state index contributed by atoms with van der Waals surface area (Å²) >= 11 is 1.43. The molecule has 0 radical (unpaired) electrons. The van der Waals surface area contributed by atoms with Crippen LogP contribution in [0.4, 0.5) is 8.78 Å². The van der Waals surface area contributed by atoms with Crippen molar-refractivity contribution < 1.29 is 18.3 Å². The lowest BCUT2D eigenvalue weighted by molar-refractivity contribution is 0.146. The van der Waals surface area contributed by atoms with Gasteiger partial charge in [-0.25, -0.2) is 13.8 Å². The number of halogens is 2. The van der Waals surface area contributed by atoms with Gasteiger partial charge in [0.1, 0.15) is 47.0 Å². The van der Waals surface area contributed by atoms with Gasteiger partial charge in [0.05, 0.1) is 40.7 Å². The van der Waals surface area contributed by atoms with Crippen molar-refractivity contribution in [1.82, 2.24) is 29.6 Å². The number of pyridine rings is 2. The second-order valence-electron chi connectivity index (χ2n) is 11.2. The zero-order chi connectivity index (χ0) is 31.4. The number of aromatic nitrogens is 5. The van der Waals surface area contributed by atoms with Crippen LogP contribution in [0.2, 0.25) is 0 Å². The van der Waals surface area contributed by atoms with Crippen LogP contribution in [-0.4, -0.2) is 51.2 Å². The van der Waals surface area contributed by atoms with Crippen LogP contribution in [0, 0.1) is 23.0 Å². The van der Waals surface area contributed by atoms with Crippen molar-refractivity contribution >= 4 is 32.5 Å². The summed E-state index contributed by atoms with van der Waals surface area (Å²) < 4.78 is 46.3. The number of nitrogens with zero attached hydrogens (tertiary/aromatic N) is 6. The molecule has 1 aliphatic rings. The Morgan fingerprint density at radius 1 is 1.13 bits per heavy atom. The number of aryl methyl sites for hydroxylation is 1. The topological polar surface area (TPSA) is 103 Å². The van der Waals surface area contributed by atoms with Gasteiger partial charge >= 0.3 is 0 Å². The summed E-state index contributed by atoms with van der Waals surface area (Å²) in [6, 6.07) is 10.3. The molecule has 1 N–H and O–H groups in total. The van der Waals surface area contributed by atoms with Gasteiger partial charge in [-0.1, -0.05) is 0 Å². The number of benzene rings is 1. The van der Waals surface area contributed by atoms with E-state index in [0.717, 1.165) is 39.5 Å². The number of nitrogens with one attached hydrogen (secondary N) is 1. The minimum Gasteiger partial charge on any atom is -0.490 e. The van der Waals surface area contributed by atoms with Crippen LogP contribution < -0.4 is 10.1 Å². The summed E-state index contributed by atoms with van der Waals surface area (Å²) in [6.45, 7) is 5.26. The van der Waals surface area contributed by atoms with Crippen molar-refractivity contribution in [1.29, 1.82) is 5.26 Å². The van der Waals surface area contributed by atoms with Crippen molar-refractivity contribution in [3.05, 3.63) is 71.0 Å². The first-order valence-corrected chi connectivity index (χ1v) is 15.4. The van der Waals surface area contributed by atoms with Gasteiger partial charge in [-0.15, -0.1) is 11.3 Å². The van der Waals surface area contributed by atoms with E-state index in [1.807, 2.05) is 39.9 Å². The molecule has 0 amide bonds. The molecule has 12 heteroatoms. The van der Waals surface area contributed by atoms with Crippen molar-refractivity contribution in [2.24, 2.45) is 7.05 Å². The highest BCUT2D eigenvalue weighted by Crippen LogP contribution is 2.47. The van der Waals surface area contributed by atoms with Crippen LogP contribution in [0.5, 0.6) is 5.75 Å². The van der Waals surface area contributed by atoms with E-state index >= 15 is 4.39 Å². The molecule has 0 spiro atoms. The van der Waals surface area contributed by atoms with E-state index < -0.39 is 11.6 Å². The Bertz CT molecular complexity index is 2120. The lowest BCUT2D eigenvalue weighted by atomic mass is 9.96. The molecule has 9 nitrogen and oxygen atoms in total. The minimum absolute atomic E-state index is 0.0459. The maximum Gasteiger partial charge on any atom is 0.137 e. The SMILES string of the molecule is COCCOc1cc(F)cc(F)c1-c1c(-c2cc3n(n2)C(C)CNC3C)nc(-c2cnc3c(C#N)cn(C)c3c2)c2ccsc12. The van der Waals surface area contributed by atoms with Gasteiger partial charge in [-0.3, -0.25) is 9.67 Å². The van der Waals surface area contributed by atoms with Crippen LogP contribution in [0.15, 0.2) is 48.1 Å². The Morgan fingerprint density at radius 2 is 1.98 bits per heavy atom. The van der Waals surface area contributed by atoms with Crippen molar-refractivity contribution in [3.63, 3.8) is 0 Å². The predicted molar refractivity (Wildman–Crippen MR) is 169 cm³/mol. The van der Waals surface area contributed by atoms with E-state index in [9.17, 15) is 9.65 Å². The summed E-state index contributed by atoms with van der Waals surface area (Å²) in [5.41, 5.74) is 5.79. The van der Waals surface area contributed by atoms with E-state index in [-0.39, 0.29) is 36.6 Å². The third-order valence-electron chi connectivity index (χ3n) is 8.23. The molecule has 7 rings (SSSR count). The summed E-state index contributed by atoms with van der Waals surface area (Å²) in [4.78, 5) is 9.84. The van der Waals surface area contributed by atoms with E-state index in [0.29, 0.717) is 33.7 Å². The van der Waals surface area contributed by atoms with Gasteiger partial charge in [0.25, 0.3) is 0 Å². The summed E-state index contributed by atoms with van der Waals surface area (Å²) in [5.74, 6) is -1.46. The maximum absolute atomic E-state index is 16.0. The maximum atomic E-state index is 16.0. The predicted octanol–water partition coefficient (Wildman–Crippen LogP) is 6.78. The van der Waals surface area contributed by atoms with Gasteiger partial charge < -0.3 is 19.4 Å². The van der Waals surface area contributed by atoms with Crippen LogP contribution in [-0.2, 0) is 11.8 Å². The highest BCUT2D eigenvalue weighted by atomic mass is 32.1. The number of hydrogen-bond donors (Lipinski definition) is 1. The molecule has 228 valence electrons. The standard InChI is InChI=1S/C33H29F2N7O2S/c1-17-14-37-18(2)25-12-24(40-42(17)25)32-29(28-23(35)10-21(34)11-27(28)44-7-6-43-4)33-22(5-8-45-33)30(39-32)19-9-26-31(38-15-19)20(13-36)16-41(26)3/h5,8-12,15-18,37H,6-7,14H2,1-4H3. The Hall–Kier alpha value is -4.70. The number of thiophene rings is 1. The monoisotopic (exact) mass is 625 g/mol. The van der Waals surface area contributed by atoms with Crippen molar-refractivity contribution in [2.75, 3.05) is 26.9 Å². The molecule has 2 atom stereocenters. The number of methoxy groups -OCH3 is 1. The van der Waals surface area contributed by atoms with Gasteiger partial charge in [-0.05, 0) is 37.4 Å². The fraction of sp³-hybridized carbons (Fsp3) is 0.273. The summed E-state index contributed by atoms with van der Waals surface area (Å²) in [6.07, 6.45) is 3.45. The normalized spacial score (nSPS) is 16.3. The molecule has 6 heterocycles. The second-order valence-corrected chi connectivity index (χ2v) is 12.1. The molecule has 0 aliphatic carbocycles. The fourth-order valence-electron chi connectivity index (χ4n) is 6.01. The minimum atomic E-state index is -0.767.